The Morgan fingerprint density at radius 1 is 1.22 bits per heavy atom. The summed E-state index contributed by atoms with van der Waals surface area (Å²) in [6.45, 7) is 0.908. The molecule has 2 fully saturated rings. The third-order valence-corrected chi connectivity index (χ3v) is 4.83. The van der Waals surface area contributed by atoms with Crippen molar-refractivity contribution in [2.24, 2.45) is 0 Å². The van der Waals surface area contributed by atoms with Gasteiger partial charge < -0.3 is 4.74 Å². The molecule has 0 bridgehead atoms. The van der Waals surface area contributed by atoms with Crippen molar-refractivity contribution in [3.05, 3.63) is 34.9 Å². The molecule has 3 rings (SSSR count). The maximum absolute atomic E-state index is 5.99. The number of benzene rings is 1. The van der Waals surface area contributed by atoms with E-state index in [0.29, 0.717) is 6.23 Å². The minimum atomic E-state index is 0.180. The van der Waals surface area contributed by atoms with Gasteiger partial charge in [-0.15, -0.1) is 0 Å². The first-order valence-corrected chi connectivity index (χ1v) is 7.21. The number of rotatable bonds is 3. The summed E-state index contributed by atoms with van der Waals surface area (Å²) in [5.41, 5.74) is 1.57. The molecule has 0 aromatic heterocycles. The highest BCUT2D eigenvalue weighted by Gasteiger charge is 2.45. The molecule has 0 N–H and O–H groups in total. The molecule has 18 heavy (non-hydrogen) atoms. The van der Waals surface area contributed by atoms with Crippen LogP contribution in [0.15, 0.2) is 24.3 Å². The third-order valence-electron chi connectivity index (χ3n) is 4.58. The fraction of sp³-hybridized carbons (Fsp3) is 0.600. The van der Waals surface area contributed by atoms with E-state index in [1.54, 1.807) is 0 Å². The predicted molar refractivity (Wildman–Crippen MR) is 73.7 cm³/mol. The molecule has 1 saturated carbocycles. The van der Waals surface area contributed by atoms with Gasteiger partial charge in [0.05, 0.1) is 0 Å². The highest BCUT2D eigenvalue weighted by Crippen LogP contribution is 2.47. The summed E-state index contributed by atoms with van der Waals surface area (Å²) in [7, 11) is 2.21. The van der Waals surface area contributed by atoms with E-state index in [2.05, 4.69) is 24.1 Å². The van der Waals surface area contributed by atoms with E-state index < -0.39 is 0 Å². The van der Waals surface area contributed by atoms with Crippen LogP contribution in [-0.4, -0.2) is 24.8 Å². The molecule has 1 unspecified atom stereocenters. The lowest BCUT2D eigenvalue weighted by atomic mass is 9.70. The van der Waals surface area contributed by atoms with Crippen LogP contribution in [0.3, 0.4) is 0 Å². The molecule has 1 aromatic carbocycles. The van der Waals surface area contributed by atoms with Crippen molar-refractivity contribution in [3.8, 4) is 0 Å². The molecule has 0 amide bonds. The van der Waals surface area contributed by atoms with Crippen LogP contribution in [0.1, 0.15) is 37.7 Å². The van der Waals surface area contributed by atoms with Crippen molar-refractivity contribution >= 4 is 11.6 Å². The van der Waals surface area contributed by atoms with E-state index in [4.69, 9.17) is 16.3 Å². The van der Waals surface area contributed by atoms with Crippen LogP contribution >= 0.6 is 11.6 Å². The van der Waals surface area contributed by atoms with Gasteiger partial charge in [0.25, 0.3) is 0 Å². The van der Waals surface area contributed by atoms with Crippen molar-refractivity contribution < 1.29 is 4.74 Å². The number of halogens is 1. The van der Waals surface area contributed by atoms with Gasteiger partial charge in [0, 0.05) is 17.2 Å². The Hall–Kier alpha value is -0.570. The van der Waals surface area contributed by atoms with Crippen LogP contribution in [0.5, 0.6) is 0 Å². The molecule has 0 spiro atoms. The first kappa shape index (κ1) is 12.5. The Kier molecular flexibility index (Phi) is 3.35. The molecule has 1 saturated heterocycles. The Balaban J connectivity index is 1.86. The van der Waals surface area contributed by atoms with Crippen molar-refractivity contribution in [1.29, 1.82) is 0 Å². The fourth-order valence-electron chi connectivity index (χ4n) is 3.26. The van der Waals surface area contributed by atoms with Gasteiger partial charge in [-0.1, -0.05) is 23.7 Å². The molecule has 1 heterocycles. The van der Waals surface area contributed by atoms with Crippen molar-refractivity contribution in [2.45, 2.75) is 43.9 Å². The molecular formula is C15H20ClNO. The third kappa shape index (κ3) is 1.97. The number of hydrogen-bond donors (Lipinski definition) is 0. The highest BCUT2D eigenvalue weighted by atomic mass is 35.5. The summed E-state index contributed by atoms with van der Waals surface area (Å²) in [6, 6.07) is 8.35. The van der Waals surface area contributed by atoms with Gasteiger partial charge in [-0.25, -0.2) is 0 Å². The summed E-state index contributed by atoms with van der Waals surface area (Å²) in [4.78, 5) is 2.45. The second-order valence-corrected chi connectivity index (χ2v) is 5.91. The Morgan fingerprint density at radius 3 is 2.44 bits per heavy atom. The van der Waals surface area contributed by atoms with Gasteiger partial charge >= 0.3 is 0 Å². The van der Waals surface area contributed by atoms with Gasteiger partial charge in [0.1, 0.15) is 6.23 Å². The van der Waals surface area contributed by atoms with Crippen LogP contribution in [0.2, 0.25) is 5.02 Å². The predicted octanol–water partition coefficient (Wildman–Crippen LogP) is 3.79. The van der Waals surface area contributed by atoms with Crippen molar-refractivity contribution in [2.75, 3.05) is 13.7 Å². The van der Waals surface area contributed by atoms with E-state index in [0.717, 1.165) is 18.1 Å². The molecule has 0 radical (unpaired) electrons. The zero-order valence-electron chi connectivity index (χ0n) is 10.9. The average molecular weight is 266 g/mol. The second kappa shape index (κ2) is 4.84. The standard InChI is InChI=1S/C15H20ClNO/c1-17(14-4-2-11-18-14)15(9-3-10-15)12-5-7-13(16)8-6-12/h5-8,14H,2-4,9-11H2,1H3. The van der Waals surface area contributed by atoms with E-state index in [9.17, 15) is 0 Å². The Bertz CT molecular complexity index is 407. The van der Waals surface area contributed by atoms with Gasteiger partial charge in [-0.2, -0.15) is 0 Å². The molecule has 98 valence electrons. The van der Waals surface area contributed by atoms with Gasteiger partial charge in [-0.3, -0.25) is 4.90 Å². The summed E-state index contributed by atoms with van der Waals surface area (Å²) in [5, 5.41) is 0.813. The summed E-state index contributed by atoms with van der Waals surface area (Å²) in [5.74, 6) is 0. The number of ether oxygens (including phenoxy) is 1. The monoisotopic (exact) mass is 265 g/mol. The quantitative estimate of drug-likeness (QED) is 0.825. The zero-order chi connectivity index (χ0) is 12.6. The molecular weight excluding hydrogens is 246 g/mol. The second-order valence-electron chi connectivity index (χ2n) is 5.47. The van der Waals surface area contributed by atoms with Crippen molar-refractivity contribution in [3.63, 3.8) is 0 Å². The summed E-state index contributed by atoms with van der Waals surface area (Å²) < 4.78 is 5.84. The Morgan fingerprint density at radius 2 is 1.94 bits per heavy atom. The van der Waals surface area contributed by atoms with E-state index in [1.165, 1.54) is 31.2 Å². The topological polar surface area (TPSA) is 12.5 Å². The van der Waals surface area contributed by atoms with E-state index in [-0.39, 0.29) is 5.54 Å². The van der Waals surface area contributed by atoms with Crippen molar-refractivity contribution in [1.82, 2.24) is 4.90 Å². The molecule has 3 heteroatoms. The van der Waals surface area contributed by atoms with Crippen LogP contribution in [-0.2, 0) is 10.3 Å². The smallest absolute Gasteiger partial charge is 0.111 e. The van der Waals surface area contributed by atoms with Crippen LogP contribution < -0.4 is 0 Å². The lowest BCUT2D eigenvalue weighted by Gasteiger charge is -2.51. The largest absolute Gasteiger partial charge is 0.363 e. The highest BCUT2D eigenvalue weighted by molar-refractivity contribution is 6.30. The van der Waals surface area contributed by atoms with Crippen LogP contribution in [0.25, 0.3) is 0 Å². The SMILES string of the molecule is CN(C1CCCO1)C1(c2ccc(Cl)cc2)CCC1. The molecule has 2 aliphatic rings. The summed E-state index contributed by atoms with van der Waals surface area (Å²) >= 11 is 5.99. The zero-order valence-corrected chi connectivity index (χ0v) is 11.6. The van der Waals surface area contributed by atoms with E-state index >= 15 is 0 Å². The molecule has 1 aliphatic heterocycles. The molecule has 1 aromatic rings. The lowest BCUT2D eigenvalue weighted by molar-refractivity contribution is -0.0983. The maximum atomic E-state index is 5.99. The Labute approximate surface area is 114 Å². The lowest BCUT2D eigenvalue weighted by Crippen LogP contribution is -2.53. The molecule has 1 atom stereocenters. The average Bonchev–Trinajstić information content (AvgIpc) is 2.83. The molecule has 2 nitrogen and oxygen atoms in total. The van der Waals surface area contributed by atoms with Crippen LogP contribution in [0.4, 0.5) is 0 Å². The minimum absolute atomic E-state index is 0.180. The first-order chi connectivity index (χ1) is 8.72. The van der Waals surface area contributed by atoms with Gasteiger partial charge in [0.15, 0.2) is 0 Å². The first-order valence-electron chi connectivity index (χ1n) is 6.83. The van der Waals surface area contributed by atoms with Gasteiger partial charge in [-0.05, 0) is 56.8 Å². The summed E-state index contributed by atoms with van der Waals surface area (Å²) in [6.07, 6.45) is 6.40. The number of hydrogen-bond acceptors (Lipinski definition) is 2. The normalized spacial score (nSPS) is 26.3. The van der Waals surface area contributed by atoms with Crippen LogP contribution in [0, 0.1) is 0 Å². The van der Waals surface area contributed by atoms with E-state index in [1.807, 2.05) is 12.1 Å². The maximum Gasteiger partial charge on any atom is 0.111 e. The molecule has 1 aliphatic carbocycles. The van der Waals surface area contributed by atoms with Gasteiger partial charge in [0.2, 0.25) is 0 Å². The minimum Gasteiger partial charge on any atom is -0.363 e. The number of nitrogens with zero attached hydrogens (tertiary/aromatic N) is 1. The fourth-order valence-corrected chi connectivity index (χ4v) is 3.38.